The smallest absolute Gasteiger partial charge is 0.427 e. The quantitative estimate of drug-likeness (QED) is 0.129. The molecular weight excluding hydrogens is 531 g/mol. The molecule has 1 saturated heterocycles. The molecule has 0 amide bonds. The molecule has 1 saturated carbocycles. The van der Waals surface area contributed by atoms with E-state index in [-0.39, 0.29) is 0 Å². The SMILES string of the molecule is CC1CN1CC1CCC(c2ccc(-c3ccc4nc(C(F)(F)Oc5cc(F)c(F)c(F)c5)sc4c3)cc2)CC1. The van der Waals surface area contributed by atoms with Crippen molar-refractivity contribution in [3.05, 3.63) is 82.6 Å². The summed E-state index contributed by atoms with van der Waals surface area (Å²) in [6.45, 7) is 4.76. The zero-order valence-electron chi connectivity index (χ0n) is 21.3. The first kappa shape index (κ1) is 26.2. The van der Waals surface area contributed by atoms with E-state index in [1.807, 2.05) is 6.07 Å². The third-order valence-electron chi connectivity index (χ3n) is 7.88. The van der Waals surface area contributed by atoms with Crippen LogP contribution in [0.25, 0.3) is 21.3 Å². The van der Waals surface area contributed by atoms with Gasteiger partial charge in [-0.1, -0.05) is 30.3 Å². The molecule has 0 radical (unpaired) electrons. The van der Waals surface area contributed by atoms with E-state index in [0.29, 0.717) is 28.3 Å². The maximum atomic E-state index is 14.8. The number of benzene rings is 3. The Bertz CT molecular complexity index is 1470. The van der Waals surface area contributed by atoms with E-state index in [1.165, 1.54) is 44.3 Å². The number of hydrogen-bond donors (Lipinski definition) is 0. The second kappa shape index (κ2) is 10.2. The van der Waals surface area contributed by atoms with Crippen LogP contribution in [0.5, 0.6) is 5.75 Å². The first-order valence-corrected chi connectivity index (χ1v) is 13.9. The second-order valence-corrected chi connectivity index (χ2v) is 11.7. The average molecular weight is 559 g/mol. The molecule has 3 nitrogen and oxygen atoms in total. The van der Waals surface area contributed by atoms with E-state index in [1.54, 1.807) is 12.1 Å². The lowest BCUT2D eigenvalue weighted by Gasteiger charge is -2.29. The molecule has 4 aromatic rings. The zero-order chi connectivity index (χ0) is 27.3. The fourth-order valence-corrected chi connectivity index (χ4v) is 6.43. The summed E-state index contributed by atoms with van der Waals surface area (Å²) in [7, 11) is 0. The summed E-state index contributed by atoms with van der Waals surface area (Å²) in [5, 5.41) is -0.668. The van der Waals surface area contributed by atoms with Crippen molar-refractivity contribution in [3.63, 3.8) is 0 Å². The van der Waals surface area contributed by atoms with Crippen LogP contribution in [0.2, 0.25) is 0 Å². The third kappa shape index (κ3) is 5.52. The number of thiazole rings is 1. The van der Waals surface area contributed by atoms with E-state index in [9.17, 15) is 22.0 Å². The number of halogens is 5. The second-order valence-electron chi connectivity index (χ2n) is 10.7. The minimum absolute atomic E-state index is 0.351. The lowest BCUT2D eigenvalue weighted by atomic mass is 9.78. The van der Waals surface area contributed by atoms with Crippen LogP contribution in [-0.2, 0) is 6.11 Å². The maximum Gasteiger partial charge on any atom is 0.454 e. The van der Waals surface area contributed by atoms with E-state index in [0.717, 1.165) is 34.4 Å². The molecule has 0 bridgehead atoms. The van der Waals surface area contributed by atoms with Gasteiger partial charge < -0.3 is 4.74 Å². The first-order chi connectivity index (χ1) is 18.7. The van der Waals surface area contributed by atoms with Crippen molar-refractivity contribution in [3.8, 4) is 16.9 Å². The molecule has 1 aromatic heterocycles. The minimum atomic E-state index is -3.96. The lowest BCUT2D eigenvalue weighted by molar-refractivity contribution is -0.185. The number of hydrogen-bond acceptors (Lipinski definition) is 4. The highest BCUT2D eigenvalue weighted by Crippen LogP contribution is 2.40. The van der Waals surface area contributed by atoms with Gasteiger partial charge in [-0.25, -0.2) is 18.2 Å². The van der Waals surface area contributed by atoms with Gasteiger partial charge in [-0.05, 0) is 73.3 Å². The van der Waals surface area contributed by atoms with Gasteiger partial charge in [0.05, 0.1) is 10.2 Å². The fraction of sp³-hybridized carbons (Fsp3) is 0.367. The van der Waals surface area contributed by atoms with Crippen LogP contribution in [-0.4, -0.2) is 29.0 Å². The highest BCUT2D eigenvalue weighted by molar-refractivity contribution is 7.18. The molecule has 3 aromatic carbocycles. The van der Waals surface area contributed by atoms with Crippen LogP contribution in [0.3, 0.4) is 0 Å². The largest absolute Gasteiger partial charge is 0.454 e. The molecular formula is C30H27F5N2OS. The van der Waals surface area contributed by atoms with E-state index in [4.69, 9.17) is 0 Å². The van der Waals surface area contributed by atoms with Crippen molar-refractivity contribution >= 4 is 21.6 Å². The number of aromatic nitrogens is 1. The van der Waals surface area contributed by atoms with E-state index >= 15 is 0 Å². The van der Waals surface area contributed by atoms with Gasteiger partial charge in [-0.2, -0.15) is 8.78 Å². The summed E-state index contributed by atoms with van der Waals surface area (Å²) < 4.78 is 74.6. The summed E-state index contributed by atoms with van der Waals surface area (Å²) in [6.07, 6.45) is 0.971. The van der Waals surface area contributed by atoms with Crippen molar-refractivity contribution in [2.45, 2.75) is 50.7 Å². The van der Waals surface area contributed by atoms with Gasteiger partial charge in [0.15, 0.2) is 17.5 Å². The van der Waals surface area contributed by atoms with Crippen LogP contribution >= 0.6 is 11.3 Å². The van der Waals surface area contributed by atoms with Crippen molar-refractivity contribution in [1.82, 2.24) is 9.88 Å². The average Bonchev–Trinajstić information content (AvgIpc) is 3.42. The topological polar surface area (TPSA) is 25.1 Å². The summed E-state index contributed by atoms with van der Waals surface area (Å²) in [5.74, 6) is -4.45. The molecule has 2 unspecified atom stereocenters. The molecule has 0 N–H and O–H groups in total. The predicted molar refractivity (Wildman–Crippen MR) is 142 cm³/mol. The predicted octanol–water partition coefficient (Wildman–Crippen LogP) is 8.49. The number of ether oxygens (including phenoxy) is 1. The summed E-state index contributed by atoms with van der Waals surface area (Å²) >= 11 is 0.727. The first-order valence-electron chi connectivity index (χ1n) is 13.1. The Morgan fingerprint density at radius 2 is 1.56 bits per heavy atom. The highest BCUT2D eigenvalue weighted by atomic mass is 32.1. The van der Waals surface area contributed by atoms with E-state index in [2.05, 4.69) is 45.8 Å². The van der Waals surface area contributed by atoms with Crippen molar-refractivity contribution in [2.75, 3.05) is 13.1 Å². The van der Waals surface area contributed by atoms with Crippen LogP contribution < -0.4 is 4.74 Å². The van der Waals surface area contributed by atoms with Gasteiger partial charge in [0, 0.05) is 31.3 Å². The van der Waals surface area contributed by atoms with Gasteiger partial charge in [0.25, 0.3) is 0 Å². The fourth-order valence-electron chi connectivity index (χ4n) is 5.52. The lowest BCUT2D eigenvalue weighted by Crippen LogP contribution is -2.21. The monoisotopic (exact) mass is 558 g/mol. The molecule has 204 valence electrons. The van der Waals surface area contributed by atoms with Crippen LogP contribution in [0.15, 0.2) is 54.6 Å². The molecule has 1 aliphatic heterocycles. The van der Waals surface area contributed by atoms with Crippen LogP contribution in [0, 0.1) is 23.4 Å². The molecule has 6 rings (SSSR count). The van der Waals surface area contributed by atoms with Gasteiger partial charge in [-0.15, -0.1) is 11.3 Å². The number of alkyl halides is 2. The Morgan fingerprint density at radius 3 is 2.21 bits per heavy atom. The third-order valence-corrected chi connectivity index (χ3v) is 8.95. The maximum absolute atomic E-state index is 14.8. The minimum Gasteiger partial charge on any atom is -0.427 e. The Balaban J connectivity index is 1.14. The van der Waals surface area contributed by atoms with Crippen molar-refractivity contribution in [1.29, 1.82) is 0 Å². The van der Waals surface area contributed by atoms with Crippen molar-refractivity contribution in [2.24, 2.45) is 5.92 Å². The number of nitrogens with zero attached hydrogens (tertiary/aromatic N) is 2. The van der Waals surface area contributed by atoms with Crippen molar-refractivity contribution < 1.29 is 26.7 Å². The Hall–Kier alpha value is -3.04. The molecule has 9 heteroatoms. The number of rotatable bonds is 7. The summed E-state index contributed by atoms with van der Waals surface area (Å²) in [6, 6.07) is 15.2. The standard InChI is InChI=1S/C30H27F5N2OS/c1-17-15-37(17)16-18-2-4-19(5-3-18)20-6-8-21(9-7-20)22-10-11-26-27(12-22)39-29(36-26)30(34,35)38-23-13-24(31)28(33)25(32)14-23/h6-14,17-19H,2-5,15-16H2,1H3. The van der Waals surface area contributed by atoms with Gasteiger partial charge in [0.1, 0.15) is 5.75 Å². The zero-order valence-corrected chi connectivity index (χ0v) is 22.1. The number of fused-ring (bicyclic) bond motifs is 1. The van der Waals surface area contributed by atoms with Crippen LogP contribution in [0.1, 0.15) is 49.1 Å². The normalized spacial score (nSPS) is 23.2. The molecule has 39 heavy (non-hydrogen) atoms. The molecule has 2 aliphatic rings. The Morgan fingerprint density at radius 1 is 0.923 bits per heavy atom. The Kier molecular flexibility index (Phi) is 6.83. The summed E-state index contributed by atoms with van der Waals surface area (Å²) in [4.78, 5) is 6.51. The van der Waals surface area contributed by atoms with Gasteiger partial charge in [0.2, 0.25) is 5.01 Å². The van der Waals surface area contributed by atoms with Gasteiger partial charge >= 0.3 is 6.11 Å². The highest BCUT2D eigenvalue weighted by Gasteiger charge is 2.39. The van der Waals surface area contributed by atoms with E-state index < -0.39 is 34.3 Å². The molecule has 1 aliphatic carbocycles. The molecule has 2 fully saturated rings. The molecule has 0 spiro atoms. The molecule has 2 atom stereocenters. The summed E-state index contributed by atoms with van der Waals surface area (Å²) in [5.41, 5.74) is 3.53. The van der Waals surface area contributed by atoms with Gasteiger partial charge in [-0.3, -0.25) is 4.90 Å². The van der Waals surface area contributed by atoms with Crippen LogP contribution in [0.4, 0.5) is 22.0 Å². The Labute approximate surface area is 227 Å². The molecule has 2 heterocycles.